The van der Waals surface area contributed by atoms with Crippen LogP contribution in [-0.4, -0.2) is 43.7 Å². The summed E-state index contributed by atoms with van der Waals surface area (Å²) in [5.74, 6) is -0.893. The number of halogens is 2. The Hall–Kier alpha value is -2.13. The minimum absolute atomic E-state index is 0.171. The first-order valence-corrected chi connectivity index (χ1v) is 14.7. The van der Waals surface area contributed by atoms with Gasteiger partial charge in [0.2, 0.25) is 15.9 Å². The number of nitrogens with one attached hydrogen (secondary N) is 2. The van der Waals surface area contributed by atoms with Crippen molar-refractivity contribution >= 4 is 50.7 Å². The largest absolute Gasteiger partial charge is 0.349 e. The quantitative estimate of drug-likeness (QED) is 0.492. The summed E-state index contributed by atoms with van der Waals surface area (Å²) < 4.78 is 27.2. The number of carbonyl (C=O) groups is 2. The molecule has 2 aliphatic rings. The monoisotopic (exact) mass is 551 g/mol. The van der Waals surface area contributed by atoms with Crippen molar-refractivity contribution in [2.24, 2.45) is 5.92 Å². The van der Waals surface area contributed by atoms with Crippen LogP contribution in [0, 0.1) is 5.92 Å². The highest BCUT2D eigenvalue weighted by atomic mass is 35.5. The van der Waals surface area contributed by atoms with Gasteiger partial charge in [0.25, 0.3) is 5.91 Å². The molecule has 0 radical (unpaired) electrons. The lowest BCUT2D eigenvalue weighted by atomic mass is 9.95. The van der Waals surface area contributed by atoms with E-state index in [1.165, 1.54) is 10.7 Å². The van der Waals surface area contributed by atoms with Gasteiger partial charge in [0.1, 0.15) is 0 Å². The van der Waals surface area contributed by atoms with Gasteiger partial charge in [-0.15, -0.1) is 0 Å². The molecule has 194 valence electrons. The third-order valence-electron chi connectivity index (χ3n) is 6.92. The highest BCUT2D eigenvalue weighted by Gasteiger charge is 2.32. The number of sulfonamides is 1. The fraction of sp³-hybridized carbons (Fsp3) is 0.462. The number of para-hydroxylation sites is 1. The summed E-state index contributed by atoms with van der Waals surface area (Å²) in [6.45, 7) is 0.511. The lowest BCUT2D eigenvalue weighted by Gasteiger charge is -2.30. The maximum Gasteiger partial charge on any atom is 0.253 e. The highest BCUT2D eigenvalue weighted by molar-refractivity contribution is 7.88. The highest BCUT2D eigenvalue weighted by Crippen LogP contribution is 2.27. The van der Waals surface area contributed by atoms with Crippen LogP contribution in [0.5, 0.6) is 0 Å². The van der Waals surface area contributed by atoms with Crippen LogP contribution in [0.25, 0.3) is 0 Å². The summed E-state index contributed by atoms with van der Waals surface area (Å²) in [4.78, 5) is 25.9. The van der Waals surface area contributed by atoms with Crippen LogP contribution < -0.4 is 10.6 Å². The fourth-order valence-corrected chi connectivity index (χ4v) is 6.73. The molecule has 7 nitrogen and oxygen atoms in total. The van der Waals surface area contributed by atoms with Crippen molar-refractivity contribution in [2.75, 3.05) is 18.4 Å². The molecule has 1 saturated carbocycles. The number of carbonyl (C=O) groups excluding carboxylic acids is 2. The summed E-state index contributed by atoms with van der Waals surface area (Å²) in [6.07, 6.45) is 6.20. The standard InChI is InChI=1S/C26H31Cl2N3O4S/c27-22-11-10-18(16-23(22)28)17-36(34,35)31-14-12-19(13-15-31)25(32)30-24-9-5-4-8-21(24)26(33)29-20-6-2-1-3-7-20/h4-5,8-11,16,19-20H,1-3,6-7,12-15,17H2,(H,29,33)(H,30,32). The molecular formula is C26H31Cl2N3O4S. The zero-order chi connectivity index (χ0) is 25.7. The fourth-order valence-electron chi connectivity index (χ4n) is 4.86. The third-order valence-corrected chi connectivity index (χ3v) is 9.51. The molecule has 1 aliphatic heterocycles. The normalized spacial score (nSPS) is 18.1. The molecule has 10 heteroatoms. The zero-order valence-corrected chi connectivity index (χ0v) is 22.3. The Morgan fingerprint density at radius 3 is 2.31 bits per heavy atom. The number of benzene rings is 2. The van der Waals surface area contributed by atoms with Gasteiger partial charge in [-0.3, -0.25) is 9.59 Å². The molecule has 2 aromatic carbocycles. The van der Waals surface area contributed by atoms with E-state index in [9.17, 15) is 18.0 Å². The van der Waals surface area contributed by atoms with Gasteiger partial charge in [-0.05, 0) is 55.5 Å². The topological polar surface area (TPSA) is 95.6 Å². The summed E-state index contributed by atoms with van der Waals surface area (Å²) in [5.41, 5.74) is 1.48. The van der Waals surface area contributed by atoms with Crippen LogP contribution in [-0.2, 0) is 20.6 Å². The molecule has 0 aromatic heterocycles. The zero-order valence-electron chi connectivity index (χ0n) is 20.0. The second-order valence-electron chi connectivity index (χ2n) is 9.52. The van der Waals surface area contributed by atoms with E-state index in [-0.39, 0.29) is 42.6 Å². The van der Waals surface area contributed by atoms with Crippen molar-refractivity contribution in [1.82, 2.24) is 9.62 Å². The van der Waals surface area contributed by atoms with Crippen molar-refractivity contribution in [3.8, 4) is 0 Å². The van der Waals surface area contributed by atoms with E-state index < -0.39 is 10.0 Å². The van der Waals surface area contributed by atoms with Gasteiger partial charge in [0.15, 0.2) is 0 Å². The number of amides is 2. The van der Waals surface area contributed by atoms with E-state index in [0.717, 1.165) is 25.7 Å². The maximum absolute atomic E-state index is 13.0. The van der Waals surface area contributed by atoms with Gasteiger partial charge in [0.05, 0.1) is 27.0 Å². The Kier molecular flexibility index (Phi) is 8.93. The molecule has 36 heavy (non-hydrogen) atoms. The lowest BCUT2D eigenvalue weighted by Crippen LogP contribution is -2.42. The minimum atomic E-state index is -3.56. The van der Waals surface area contributed by atoms with Crippen LogP contribution in [0.15, 0.2) is 42.5 Å². The van der Waals surface area contributed by atoms with Crippen LogP contribution in [0.2, 0.25) is 10.0 Å². The molecule has 0 unspecified atom stereocenters. The van der Waals surface area contributed by atoms with E-state index in [1.807, 2.05) is 0 Å². The SMILES string of the molecule is O=C(NC1CCCCC1)c1ccccc1NC(=O)C1CCN(S(=O)(=O)Cc2ccc(Cl)c(Cl)c2)CC1. The average molecular weight is 553 g/mol. The lowest BCUT2D eigenvalue weighted by molar-refractivity contribution is -0.120. The Labute approximate surface area is 222 Å². The number of anilines is 1. The summed E-state index contributed by atoms with van der Waals surface area (Å²) in [7, 11) is -3.56. The van der Waals surface area contributed by atoms with E-state index in [4.69, 9.17) is 23.2 Å². The van der Waals surface area contributed by atoms with Crippen LogP contribution in [0.1, 0.15) is 60.9 Å². The summed E-state index contributed by atoms with van der Waals surface area (Å²) in [5, 5.41) is 6.69. The number of hydrogen-bond donors (Lipinski definition) is 2. The van der Waals surface area contributed by atoms with Crippen molar-refractivity contribution in [3.05, 3.63) is 63.6 Å². The second kappa shape index (κ2) is 11.9. The minimum Gasteiger partial charge on any atom is -0.349 e. The van der Waals surface area contributed by atoms with Crippen molar-refractivity contribution in [2.45, 2.75) is 56.7 Å². The predicted octanol–water partition coefficient (Wildman–Crippen LogP) is 5.24. The number of piperidine rings is 1. The molecule has 1 heterocycles. The Balaban J connectivity index is 1.33. The molecular weight excluding hydrogens is 521 g/mol. The molecule has 1 aliphatic carbocycles. The first-order valence-electron chi connectivity index (χ1n) is 12.4. The van der Waals surface area contributed by atoms with E-state index in [0.29, 0.717) is 39.7 Å². The Bertz CT molecular complexity index is 1210. The first kappa shape index (κ1) is 26.9. The van der Waals surface area contributed by atoms with Gasteiger partial charge in [-0.2, -0.15) is 0 Å². The molecule has 2 fully saturated rings. The predicted molar refractivity (Wildman–Crippen MR) is 143 cm³/mol. The smallest absolute Gasteiger partial charge is 0.253 e. The van der Waals surface area contributed by atoms with Crippen LogP contribution in [0.3, 0.4) is 0 Å². The van der Waals surface area contributed by atoms with E-state index in [2.05, 4.69) is 10.6 Å². The maximum atomic E-state index is 13.0. The van der Waals surface area contributed by atoms with Crippen LogP contribution >= 0.6 is 23.2 Å². The van der Waals surface area contributed by atoms with Gasteiger partial charge in [-0.25, -0.2) is 12.7 Å². The van der Waals surface area contributed by atoms with Crippen molar-refractivity contribution in [3.63, 3.8) is 0 Å². The molecule has 2 N–H and O–H groups in total. The Morgan fingerprint density at radius 1 is 0.917 bits per heavy atom. The number of nitrogens with zero attached hydrogens (tertiary/aromatic N) is 1. The van der Waals surface area contributed by atoms with Gasteiger partial charge < -0.3 is 10.6 Å². The third kappa shape index (κ3) is 6.79. The molecule has 0 atom stereocenters. The molecule has 1 saturated heterocycles. The Morgan fingerprint density at radius 2 is 1.61 bits per heavy atom. The van der Waals surface area contributed by atoms with E-state index in [1.54, 1.807) is 42.5 Å². The molecule has 2 amide bonds. The van der Waals surface area contributed by atoms with Gasteiger partial charge in [-0.1, -0.05) is 60.7 Å². The molecule has 4 rings (SSSR count). The second-order valence-corrected chi connectivity index (χ2v) is 12.3. The summed E-state index contributed by atoms with van der Waals surface area (Å²) >= 11 is 11.9. The first-order chi connectivity index (χ1) is 17.2. The average Bonchev–Trinajstić information content (AvgIpc) is 2.87. The van der Waals surface area contributed by atoms with E-state index >= 15 is 0 Å². The summed E-state index contributed by atoms with van der Waals surface area (Å²) in [6, 6.07) is 12.0. The molecule has 2 aromatic rings. The number of rotatable bonds is 7. The van der Waals surface area contributed by atoms with Gasteiger partial charge >= 0.3 is 0 Å². The van der Waals surface area contributed by atoms with Crippen molar-refractivity contribution in [1.29, 1.82) is 0 Å². The molecule has 0 bridgehead atoms. The van der Waals surface area contributed by atoms with Gasteiger partial charge in [0, 0.05) is 25.0 Å². The molecule has 0 spiro atoms. The van der Waals surface area contributed by atoms with Crippen molar-refractivity contribution < 1.29 is 18.0 Å². The van der Waals surface area contributed by atoms with Crippen LogP contribution in [0.4, 0.5) is 5.69 Å². The number of hydrogen-bond acceptors (Lipinski definition) is 4.